The van der Waals surface area contributed by atoms with Crippen molar-refractivity contribution in [1.82, 2.24) is 20.5 Å². The average molecular weight is 254 g/mol. The summed E-state index contributed by atoms with van der Waals surface area (Å²) < 4.78 is 11.0. The van der Waals surface area contributed by atoms with Crippen LogP contribution >= 0.6 is 0 Å². The Hall–Kier alpha value is -0.980. The van der Waals surface area contributed by atoms with E-state index in [9.17, 15) is 0 Å². The van der Waals surface area contributed by atoms with Crippen molar-refractivity contribution in [1.29, 1.82) is 0 Å². The van der Waals surface area contributed by atoms with Gasteiger partial charge in [-0.25, -0.2) is 4.98 Å². The number of nitrogens with zero attached hydrogens (tertiary/aromatic N) is 2. The van der Waals surface area contributed by atoms with E-state index in [-0.39, 0.29) is 12.2 Å². The first-order valence-electron chi connectivity index (χ1n) is 6.57. The van der Waals surface area contributed by atoms with Crippen LogP contribution in [0.4, 0.5) is 0 Å². The summed E-state index contributed by atoms with van der Waals surface area (Å²) in [5.74, 6) is 0.945. The van der Waals surface area contributed by atoms with Gasteiger partial charge in [0.25, 0.3) is 0 Å². The van der Waals surface area contributed by atoms with Crippen LogP contribution in [0.25, 0.3) is 0 Å². The van der Waals surface area contributed by atoms with Gasteiger partial charge in [-0.15, -0.1) is 0 Å². The highest BCUT2D eigenvalue weighted by Gasteiger charge is 2.41. The molecule has 1 saturated carbocycles. The van der Waals surface area contributed by atoms with Crippen molar-refractivity contribution in [2.24, 2.45) is 0 Å². The lowest BCUT2D eigenvalue weighted by atomic mass is 9.85. The number of H-pyrrole nitrogens is 1. The minimum Gasteiger partial charge on any atom is -0.377 e. The highest BCUT2D eigenvalue weighted by atomic mass is 16.5. The summed E-state index contributed by atoms with van der Waals surface area (Å²) in [6.07, 6.45) is 4.99. The zero-order chi connectivity index (χ0) is 12.8. The Morgan fingerprint density at radius 1 is 1.56 bits per heavy atom. The summed E-state index contributed by atoms with van der Waals surface area (Å²) in [5, 5.41) is 10.2. The fourth-order valence-corrected chi connectivity index (χ4v) is 2.37. The molecule has 3 unspecified atom stereocenters. The highest BCUT2D eigenvalue weighted by Crippen LogP contribution is 2.26. The van der Waals surface area contributed by atoms with Gasteiger partial charge >= 0.3 is 0 Å². The summed E-state index contributed by atoms with van der Waals surface area (Å²) in [7, 11) is 1.75. The molecule has 6 heteroatoms. The molecular formula is C12H22N4O2. The third kappa shape index (κ3) is 3.28. The largest absolute Gasteiger partial charge is 0.377 e. The molecule has 102 valence electrons. The van der Waals surface area contributed by atoms with Crippen molar-refractivity contribution in [2.75, 3.05) is 20.3 Å². The van der Waals surface area contributed by atoms with Gasteiger partial charge in [0, 0.05) is 26.2 Å². The molecule has 1 aliphatic rings. The van der Waals surface area contributed by atoms with Crippen LogP contribution in [0.15, 0.2) is 6.33 Å². The van der Waals surface area contributed by atoms with Crippen molar-refractivity contribution < 1.29 is 9.47 Å². The van der Waals surface area contributed by atoms with Gasteiger partial charge in [-0.2, -0.15) is 5.10 Å². The van der Waals surface area contributed by atoms with E-state index in [0.29, 0.717) is 6.04 Å². The number of aromatic amines is 1. The summed E-state index contributed by atoms with van der Waals surface area (Å²) in [6.45, 7) is 3.73. The van der Waals surface area contributed by atoms with Crippen LogP contribution in [0.2, 0.25) is 0 Å². The first-order chi connectivity index (χ1) is 8.85. The summed E-state index contributed by atoms with van der Waals surface area (Å²) >= 11 is 0. The first-order valence-corrected chi connectivity index (χ1v) is 6.57. The first kappa shape index (κ1) is 13.5. The van der Waals surface area contributed by atoms with E-state index in [1.807, 2.05) is 6.92 Å². The van der Waals surface area contributed by atoms with Crippen LogP contribution < -0.4 is 5.32 Å². The molecule has 1 aliphatic carbocycles. The summed E-state index contributed by atoms with van der Waals surface area (Å²) in [5.41, 5.74) is 0. The van der Waals surface area contributed by atoms with Crippen LogP contribution in [-0.4, -0.2) is 53.7 Å². The van der Waals surface area contributed by atoms with Crippen molar-refractivity contribution >= 4 is 0 Å². The van der Waals surface area contributed by atoms with E-state index in [1.165, 1.54) is 0 Å². The molecule has 2 rings (SSSR count). The second kappa shape index (κ2) is 6.82. The number of aromatic nitrogens is 3. The smallest absolute Gasteiger partial charge is 0.137 e. The monoisotopic (exact) mass is 254 g/mol. The van der Waals surface area contributed by atoms with E-state index in [2.05, 4.69) is 20.5 Å². The number of hydrogen-bond acceptors (Lipinski definition) is 5. The number of rotatable bonds is 8. The zero-order valence-corrected chi connectivity index (χ0v) is 11.1. The molecule has 1 heterocycles. The maximum absolute atomic E-state index is 5.59. The minimum atomic E-state index is 0.190. The average Bonchev–Trinajstić information content (AvgIpc) is 2.85. The SMILES string of the molecule is CCOC1CC(NCCCc2ncn[nH]2)C1OC. The molecule has 0 radical (unpaired) electrons. The molecule has 0 aromatic carbocycles. The molecule has 0 aliphatic heterocycles. The summed E-state index contributed by atoms with van der Waals surface area (Å²) in [6, 6.07) is 0.418. The Bertz CT molecular complexity index is 331. The Balaban J connectivity index is 1.60. The highest BCUT2D eigenvalue weighted by molar-refractivity contribution is 4.97. The van der Waals surface area contributed by atoms with Gasteiger partial charge in [-0.1, -0.05) is 0 Å². The van der Waals surface area contributed by atoms with Gasteiger partial charge in [0.15, 0.2) is 0 Å². The molecule has 0 spiro atoms. The van der Waals surface area contributed by atoms with E-state index < -0.39 is 0 Å². The number of hydrogen-bond donors (Lipinski definition) is 2. The molecule has 1 fully saturated rings. The Morgan fingerprint density at radius 2 is 2.44 bits per heavy atom. The number of nitrogens with one attached hydrogen (secondary N) is 2. The second-order valence-corrected chi connectivity index (χ2v) is 4.53. The predicted molar refractivity (Wildman–Crippen MR) is 67.3 cm³/mol. The van der Waals surface area contributed by atoms with Crippen LogP contribution in [0.1, 0.15) is 25.6 Å². The molecule has 0 saturated heterocycles. The molecule has 1 aromatic heterocycles. The standard InChI is InChI=1S/C12H22N4O2/c1-3-18-10-7-9(12(10)17-2)13-6-4-5-11-14-8-15-16-11/h8-10,12-13H,3-7H2,1-2H3,(H,14,15,16). The number of methoxy groups -OCH3 is 1. The molecule has 6 nitrogen and oxygen atoms in total. The van der Waals surface area contributed by atoms with E-state index in [4.69, 9.17) is 9.47 Å². The van der Waals surface area contributed by atoms with Gasteiger partial charge in [0.2, 0.25) is 0 Å². The van der Waals surface area contributed by atoms with Crippen molar-refractivity contribution in [2.45, 2.75) is 44.4 Å². The van der Waals surface area contributed by atoms with Crippen molar-refractivity contribution in [3.8, 4) is 0 Å². The second-order valence-electron chi connectivity index (χ2n) is 4.53. The van der Waals surface area contributed by atoms with Crippen LogP contribution in [-0.2, 0) is 15.9 Å². The van der Waals surface area contributed by atoms with E-state index in [1.54, 1.807) is 13.4 Å². The minimum absolute atomic E-state index is 0.190. The normalized spacial score (nSPS) is 27.1. The molecule has 0 amide bonds. The van der Waals surface area contributed by atoms with Crippen molar-refractivity contribution in [3.63, 3.8) is 0 Å². The molecule has 3 atom stereocenters. The van der Waals surface area contributed by atoms with Gasteiger partial charge in [0.1, 0.15) is 12.2 Å². The fraction of sp³-hybridized carbons (Fsp3) is 0.833. The van der Waals surface area contributed by atoms with E-state index in [0.717, 1.165) is 38.2 Å². The maximum Gasteiger partial charge on any atom is 0.137 e. The Labute approximate surface area is 107 Å². The number of aryl methyl sites for hydroxylation is 1. The topological polar surface area (TPSA) is 72.1 Å². The van der Waals surface area contributed by atoms with Gasteiger partial charge in [0.05, 0.1) is 12.2 Å². The number of ether oxygens (including phenoxy) is 2. The quantitative estimate of drug-likeness (QED) is 0.662. The van der Waals surface area contributed by atoms with Gasteiger partial charge in [-0.3, -0.25) is 5.10 Å². The molecule has 1 aromatic rings. The predicted octanol–water partition coefficient (Wildman–Crippen LogP) is 0.519. The van der Waals surface area contributed by atoms with Gasteiger partial charge in [-0.05, 0) is 26.3 Å². The van der Waals surface area contributed by atoms with Crippen molar-refractivity contribution in [3.05, 3.63) is 12.2 Å². The Morgan fingerprint density at radius 3 is 3.11 bits per heavy atom. The van der Waals surface area contributed by atoms with Crippen LogP contribution in [0.5, 0.6) is 0 Å². The fourth-order valence-electron chi connectivity index (χ4n) is 2.37. The third-order valence-electron chi connectivity index (χ3n) is 3.36. The van der Waals surface area contributed by atoms with E-state index >= 15 is 0 Å². The molecule has 2 N–H and O–H groups in total. The van der Waals surface area contributed by atoms with Crippen LogP contribution in [0, 0.1) is 0 Å². The lowest BCUT2D eigenvalue weighted by Gasteiger charge is -2.43. The molecule has 18 heavy (non-hydrogen) atoms. The third-order valence-corrected chi connectivity index (χ3v) is 3.36. The lowest BCUT2D eigenvalue weighted by Crippen LogP contribution is -2.59. The Kier molecular flexibility index (Phi) is 5.10. The van der Waals surface area contributed by atoms with Gasteiger partial charge < -0.3 is 14.8 Å². The molecule has 0 bridgehead atoms. The maximum atomic E-state index is 5.59. The molecular weight excluding hydrogens is 232 g/mol. The summed E-state index contributed by atoms with van der Waals surface area (Å²) in [4.78, 5) is 4.10. The zero-order valence-electron chi connectivity index (χ0n) is 11.1. The van der Waals surface area contributed by atoms with Crippen LogP contribution in [0.3, 0.4) is 0 Å². The lowest BCUT2D eigenvalue weighted by molar-refractivity contribution is -0.131.